The molecule has 0 aliphatic carbocycles. The van der Waals surface area contributed by atoms with Crippen LogP contribution >= 0.6 is 0 Å². The number of hydrogen-bond donors (Lipinski definition) is 4. The Bertz CT molecular complexity index is 284. The van der Waals surface area contributed by atoms with Crippen LogP contribution in [0.5, 0.6) is 0 Å². The predicted molar refractivity (Wildman–Crippen MR) is 158 cm³/mol. The van der Waals surface area contributed by atoms with Gasteiger partial charge in [-0.3, -0.25) is 0 Å². The van der Waals surface area contributed by atoms with E-state index in [0.717, 1.165) is 72.5 Å². The van der Waals surface area contributed by atoms with Crippen LogP contribution < -0.4 is 0 Å². The van der Waals surface area contributed by atoms with E-state index >= 15 is 0 Å². The molecule has 0 spiro atoms. The second-order valence-corrected chi connectivity index (χ2v) is 27.4. The molecule has 0 saturated heterocycles. The molecule has 0 saturated carbocycles. The third-order valence-electron chi connectivity index (χ3n) is 7.90. The summed E-state index contributed by atoms with van der Waals surface area (Å²) in [5.74, 6) is 0. The first kappa shape index (κ1) is 44.6. The molecule has 0 aliphatic heterocycles. The van der Waals surface area contributed by atoms with Crippen LogP contribution in [0.3, 0.4) is 0 Å². The zero-order chi connectivity index (χ0) is 26.5. The van der Waals surface area contributed by atoms with Crippen molar-refractivity contribution < 1.29 is 45.4 Å². The summed E-state index contributed by atoms with van der Waals surface area (Å²) >= 11 is 0. The van der Waals surface area contributed by atoms with Gasteiger partial charge in [-0.1, -0.05) is 83.1 Å². The smallest absolute Gasteiger partial charge is 0.187 e. The van der Waals surface area contributed by atoms with Crippen molar-refractivity contribution in [3.8, 4) is 0 Å². The largest absolute Gasteiger partial charge is 0.432 e. The minimum absolute atomic E-state index is 0. The molecule has 0 atom stereocenters. The van der Waals surface area contributed by atoms with E-state index in [4.69, 9.17) is 0 Å². The van der Waals surface area contributed by atoms with E-state index in [1.165, 1.54) is 0 Å². The molecule has 4 nitrogen and oxygen atoms in total. The van der Waals surface area contributed by atoms with Crippen LogP contribution in [0, 0.1) is 0 Å². The molecule has 0 aromatic rings. The fraction of sp³-hybridized carbons (Fsp3) is 1.00. The van der Waals surface area contributed by atoms with Crippen LogP contribution in [0.2, 0.25) is 72.5 Å². The van der Waals surface area contributed by atoms with Gasteiger partial charge in [0.15, 0.2) is 33.3 Å². The monoisotopic (exact) mass is 618 g/mol. The summed E-state index contributed by atoms with van der Waals surface area (Å²) in [5, 5.41) is 0. The average Bonchev–Trinajstić information content (AvgIpc) is 2.87. The van der Waals surface area contributed by atoms with Crippen LogP contribution in [0.25, 0.3) is 0 Å². The topological polar surface area (TPSA) is 80.9 Å². The average molecular weight is 620 g/mol. The second-order valence-electron chi connectivity index (χ2n) is 9.14. The van der Waals surface area contributed by atoms with Gasteiger partial charge >= 0.3 is 0 Å². The Labute approximate surface area is 233 Å². The van der Waals surface area contributed by atoms with Gasteiger partial charge in [0.1, 0.15) is 0 Å². The van der Waals surface area contributed by atoms with Crippen molar-refractivity contribution in [1.82, 2.24) is 0 Å². The van der Waals surface area contributed by atoms with E-state index in [9.17, 15) is 19.2 Å². The van der Waals surface area contributed by atoms with E-state index in [1.54, 1.807) is 0 Å². The molecule has 0 unspecified atom stereocenters. The molecule has 0 rings (SSSR count). The Kier molecular flexibility index (Phi) is 34.1. The molecule has 9 heteroatoms. The summed E-state index contributed by atoms with van der Waals surface area (Å²) < 4.78 is 0. The Balaban J connectivity index is -0.000000105. The van der Waals surface area contributed by atoms with Gasteiger partial charge in [0.25, 0.3) is 0 Å². The van der Waals surface area contributed by atoms with E-state index in [2.05, 4.69) is 83.1 Å². The van der Waals surface area contributed by atoms with Gasteiger partial charge in [-0.15, -0.1) is 0 Å². The normalized spacial score (nSPS) is 11.6. The fourth-order valence-corrected chi connectivity index (χ4v) is 9.00. The van der Waals surface area contributed by atoms with E-state index in [-0.39, 0.29) is 26.2 Å². The summed E-state index contributed by atoms with van der Waals surface area (Å²) in [5.41, 5.74) is 0. The molecule has 0 aromatic carbocycles. The van der Waals surface area contributed by atoms with Crippen LogP contribution in [-0.2, 0) is 26.2 Å². The first-order valence-electron chi connectivity index (χ1n) is 13.6. The standard InChI is InChI=1S/4C6H16OSi.Zr/c4*1-4-8(7,5-2)6-3;/h4*7H,4-6H2,1-3H3;. The number of hydrogen-bond acceptors (Lipinski definition) is 4. The van der Waals surface area contributed by atoms with Gasteiger partial charge in [-0.05, 0) is 72.5 Å². The summed E-state index contributed by atoms with van der Waals surface area (Å²) in [7, 11) is -6.69. The molecule has 0 radical (unpaired) electrons. The van der Waals surface area contributed by atoms with Crippen LogP contribution in [-0.4, -0.2) is 52.5 Å². The SMILES string of the molecule is CC[Si](O)(CC)CC.CC[Si](O)(CC)CC.CC[Si](O)(CC)CC.CC[Si](O)(CC)CC.[Zr]. The summed E-state index contributed by atoms with van der Waals surface area (Å²) in [6, 6.07) is 12.2. The second kappa shape index (κ2) is 25.2. The van der Waals surface area contributed by atoms with Crippen molar-refractivity contribution in [1.29, 1.82) is 0 Å². The van der Waals surface area contributed by atoms with Gasteiger partial charge in [-0.2, -0.15) is 0 Å². The predicted octanol–water partition coefficient (Wildman–Crippen LogP) is 7.93. The van der Waals surface area contributed by atoms with E-state index in [0.29, 0.717) is 0 Å². The van der Waals surface area contributed by atoms with Gasteiger partial charge in [0.05, 0.1) is 0 Å². The van der Waals surface area contributed by atoms with Crippen molar-refractivity contribution >= 4 is 33.3 Å². The molecule has 4 N–H and O–H groups in total. The minimum atomic E-state index is -1.67. The zero-order valence-corrected chi connectivity index (χ0v) is 31.2. The molecule has 0 amide bonds. The Morgan fingerprint density at radius 2 is 0.333 bits per heavy atom. The maximum absolute atomic E-state index is 9.58. The summed E-state index contributed by atoms with van der Waals surface area (Å²) in [4.78, 5) is 38.3. The molecular formula is C24H64O4Si4Zr. The zero-order valence-electron chi connectivity index (χ0n) is 24.8. The third kappa shape index (κ3) is 23.7. The summed E-state index contributed by atoms with van der Waals surface area (Å²) in [6.45, 7) is 25.0. The molecule has 0 aromatic heterocycles. The Morgan fingerprint density at radius 3 is 0.333 bits per heavy atom. The van der Waals surface area contributed by atoms with Gasteiger partial charge in [0.2, 0.25) is 0 Å². The molecule has 0 aliphatic rings. The molecule has 204 valence electrons. The van der Waals surface area contributed by atoms with Crippen LogP contribution in [0.4, 0.5) is 0 Å². The molecular weight excluding hydrogens is 556 g/mol. The minimum Gasteiger partial charge on any atom is -0.432 e. The van der Waals surface area contributed by atoms with Crippen molar-refractivity contribution in [3.05, 3.63) is 0 Å². The molecule has 0 heterocycles. The van der Waals surface area contributed by atoms with E-state index < -0.39 is 33.3 Å². The van der Waals surface area contributed by atoms with E-state index in [1.807, 2.05) is 0 Å². The van der Waals surface area contributed by atoms with Crippen molar-refractivity contribution in [3.63, 3.8) is 0 Å². The Morgan fingerprint density at radius 1 is 0.273 bits per heavy atom. The third-order valence-corrected chi connectivity index (χ3v) is 23.7. The number of rotatable bonds is 12. The van der Waals surface area contributed by atoms with Crippen molar-refractivity contribution in [2.75, 3.05) is 0 Å². The summed E-state index contributed by atoms with van der Waals surface area (Å²) in [6.07, 6.45) is 0. The molecule has 0 fully saturated rings. The van der Waals surface area contributed by atoms with Gasteiger partial charge < -0.3 is 19.2 Å². The Hall–Kier alpha value is 1.59. The van der Waals surface area contributed by atoms with Crippen LogP contribution in [0.1, 0.15) is 83.1 Å². The molecule has 0 bridgehead atoms. The molecule has 33 heavy (non-hydrogen) atoms. The maximum Gasteiger partial charge on any atom is 0.187 e. The van der Waals surface area contributed by atoms with Crippen molar-refractivity contribution in [2.24, 2.45) is 0 Å². The maximum atomic E-state index is 9.58. The first-order chi connectivity index (χ1) is 14.7. The van der Waals surface area contributed by atoms with Gasteiger partial charge in [0, 0.05) is 26.2 Å². The quantitative estimate of drug-likeness (QED) is 0.167. The van der Waals surface area contributed by atoms with Crippen molar-refractivity contribution in [2.45, 2.75) is 156 Å². The van der Waals surface area contributed by atoms with Gasteiger partial charge in [-0.25, -0.2) is 0 Å². The first-order valence-corrected chi connectivity index (χ1v) is 23.9. The fourth-order valence-electron chi connectivity index (χ4n) is 3.00. The van der Waals surface area contributed by atoms with Crippen LogP contribution in [0.15, 0.2) is 0 Å².